The molecule has 2 aliphatic carbocycles. The zero-order valence-electron chi connectivity index (χ0n) is 10.4. The lowest BCUT2D eigenvalue weighted by Gasteiger charge is -2.11. The van der Waals surface area contributed by atoms with Crippen molar-refractivity contribution in [3.63, 3.8) is 0 Å². The van der Waals surface area contributed by atoms with Gasteiger partial charge in [-0.2, -0.15) is 0 Å². The Balaban J connectivity index is 1.77. The number of halogens is 1. The molecule has 3 N–H and O–H groups in total. The van der Waals surface area contributed by atoms with Gasteiger partial charge in [-0.3, -0.25) is 4.79 Å². The first-order chi connectivity index (χ1) is 9.08. The number of hydrogen-bond acceptors (Lipinski definition) is 2. The number of nitrogens with two attached hydrogens (primary N) is 1. The summed E-state index contributed by atoms with van der Waals surface area (Å²) in [6.45, 7) is 0. The molecular formula is C14H15BrN2OS. The number of nitrogens with one attached hydrogen (secondary N) is 1. The molecule has 5 heteroatoms. The van der Waals surface area contributed by atoms with Crippen LogP contribution in [0.3, 0.4) is 0 Å². The summed E-state index contributed by atoms with van der Waals surface area (Å²) in [7, 11) is 0. The lowest BCUT2D eigenvalue weighted by atomic mass is 10.1. The normalized spacial score (nSPS) is 27.7. The number of carbonyl (C=O) groups is 1. The maximum absolute atomic E-state index is 12.3. The van der Waals surface area contributed by atoms with Gasteiger partial charge in [-0.25, -0.2) is 0 Å². The smallest absolute Gasteiger partial charge is 0.228 e. The molecule has 0 saturated heterocycles. The Bertz CT molecular complexity index is 550. The fourth-order valence-corrected chi connectivity index (χ4v) is 3.80. The zero-order valence-corrected chi connectivity index (χ0v) is 12.8. The summed E-state index contributed by atoms with van der Waals surface area (Å²) in [5.41, 5.74) is 7.11. The van der Waals surface area contributed by atoms with Gasteiger partial charge in [-0.05, 0) is 42.9 Å². The molecule has 0 heterocycles. The molecular weight excluding hydrogens is 324 g/mol. The van der Waals surface area contributed by atoms with Crippen LogP contribution in [-0.2, 0) is 4.79 Å². The summed E-state index contributed by atoms with van der Waals surface area (Å²) in [4.78, 5) is 12.6. The van der Waals surface area contributed by atoms with Gasteiger partial charge in [0.2, 0.25) is 5.91 Å². The van der Waals surface area contributed by atoms with E-state index in [0.717, 1.165) is 10.0 Å². The average molecular weight is 339 g/mol. The van der Waals surface area contributed by atoms with E-state index in [2.05, 4.69) is 21.2 Å². The molecule has 0 spiro atoms. The Kier molecular flexibility index (Phi) is 3.35. The van der Waals surface area contributed by atoms with E-state index >= 15 is 0 Å². The number of amides is 1. The van der Waals surface area contributed by atoms with Crippen LogP contribution in [0, 0.1) is 17.8 Å². The number of hydrogen-bond donors (Lipinski definition) is 2. The second-order valence-electron chi connectivity index (χ2n) is 5.33. The predicted molar refractivity (Wildman–Crippen MR) is 83.0 cm³/mol. The van der Waals surface area contributed by atoms with Crippen LogP contribution < -0.4 is 11.1 Å². The molecule has 0 aliphatic heterocycles. The maximum atomic E-state index is 12.3. The summed E-state index contributed by atoms with van der Waals surface area (Å²) in [5, 5.41) is 2.99. The van der Waals surface area contributed by atoms with Gasteiger partial charge >= 0.3 is 0 Å². The monoisotopic (exact) mass is 338 g/mol. The third kappa shape index (κ3) is 2.41. The van der Waals surface area contributed by atoms with E-state index in [0.29, 0.717) is 22.5 Å². The molecule has 3 rings (SSSR count). The minimum atomic E-state index is 0.116. The van der Waals surface area contributed by atoms with Crippen LogP contribution in [-0.4, -0.2) is 10.9 Å². The molecule has 2 atom stereocenters. The number of anilines is 1. The number of fused-ring (bicyclic) bond motifs is 1. The van der Waals surface area contributed by atoms with Crippen LogP contribution in [0.15, 0.2) is 22.7 Å². The molecule has 1 amide bonds. The largest absolute Gasteiger partial charge is 0.389 e. The molecule has 100 valence electrons. The molecule has 0 bridgehead atoms. The van der Waals surface area contributed by atoms with Crippen LogP contribution in [0.5, 0.6) is 0 Å². The van der Waals surface area contributed by atoms with E-state index in [1.54, 1.807) is 0 Å². The summed E-state index contributed by atoms with van der Waals surface area (Å²) < 4.78 is 0.902. The molecule has 3 nitrogen and oxygen atoms in total. The van der Waals surface area contributed by atoms with Gasteiger partial charge in [0.05, 0.1) is 5.69 Å². The Morgan fingerprint density at radius 3 is 2.68 bits per heavy atom. The molecule has 2 saturated carbocycles. The molecule has 1 aromatic carbocycles. The molecule has 2 aliphatic rings. The van der Waals surface area contributed by atoms with E-state index in [1.165, 1.54) is 19.3 Å². The molecule has 0 radical (unpaired) electrons. The number of benzene rings is 1. The van der Waals surface area contributed by atoms with Gasteiger partial charge in [-0.15, -0.1) is 0 Å². The highest BCUT2D eigenvalue weighted by atomic mass is 79.9. The third-order valence-corrected chi connectivity index (χ3v) is 4.93. The maximum Gasteiger partial charge on any atom is 0.228 e. The van der Waals surface area contributed by atoms with Crippen molar-refractivity contribution in [1.82, 2.24) is 0 Å². The Labute approximate surface area is 126 Å². The van der Waals surface area contributed by atoms with Crippen LogP contribution in [0.4, 0.5) is 5.69 Å². The van der Waals surface area contributed by atoms with E-state index < -0.39 is 0 Å². The Morgan fingerprint density at radius 2 is 2.05 bits per heavy atom. The highest BCUT2D eigenvalue weighted by molar-refractivity contribution is 9.10. The minimum Gasteiger partial charge on any atom is -0.389 e. The van der Waals surface area contributed by atoms with Crippen LogP contribution in [0.2, 0.25) is 0 Å². The van der Waals surface area contributed by atoms with Crippen molar-refractivity contribution in [3.05, 3.63) is 28.2 Å². The SMILES string of the molecule is NC(=S)c1ccc(Br)cc1NC(=O)C1C2CCCC21. The lowest BCUT2D eigenvalue weighted by Crippen LogP contribution is -2.20. The van der Waals surface area contributed by atoms with Gasteiger partial charge in [-0.1, -0.05) is 34.6 Å². The summed E-state index contributed by atoms with van der Waals surface area (Å²) in [5.74, 6) is 1.54. The summed E-state index contributed by atoms with van der Waals surface area (Å²) in [6, 6.07) is 5.55. The molecule has 0 aromatic heterocycles. The van der Waals surface area contributed by atoms with Gasteiger partial charge in [0, 0.05) is 16.0 Å². The zero-order chi connectivity index (χ0) is 13.6. The number of rotatable bonds is 3. The van der Waals surface area contributed by atoms with E-state index in [1.807, 2.05) is 18.2 Å². The fourth-order valence-electron chi connectivity index (χ4n) is 3.26. The third-order valence-electron chi connectivity index (χ3n) is 4.21. The fraction of sp³-hybridized carbons (Fsp3) is 0.429. The van der Waals surface area contributed by atoms with E-state index in [4.69, 9.17) is 18.0 Å². The van der Waals surface area contributed by atoms with Crippen molar-refractivity contribution in [2.45, 2.75) is 19.3 Å². The Morgan fingerprint density at radius 1 is 1.37 bits per heavy atom. The highest BCUT2D eigenvalue weighted by Crippen LogP contribution is 2.57. The van der Waals surface area contributed by atoms with E-state index in [-0.39, 0.29) is 11.8 Å². The molecule has 1 aromatic rings. The first-order valence-electron chi connectivity index (χ1n) is 6.48. The summed E-state index contributed by atoms with van der Waals surface area (Å²) in [6.07, 6.45) is 3.67. The first-order valence-corrected chi connectivity index (χ1v) is 7.68. The highest BCUT2D eigenvalue weighted by Gasteiger charge is 2.56. The quantitative estimate of drug-likeness (QED) is 0.832. The van der Waals surface area contributed by atoms with E-state index in [9.17, 15) is 4.79 Å². The van der Waals surface area contributed by atoms with Crippen molar-refractivity contribution >= 4 is 44.7 Å². The van der Waals surface area contributed by atoms with Crippen LogP contribution in [0.25, 0.3) is 0 Å². The molecule has 2 unspecified atom stereocenters. The second kappa shape index (κ2) is 4.87. The van der Waals surface area contributed by atoms with Gasteiger partial charge in [0.15, 0.2) is 0 Å². The second-order valence-corrected chi connectivity index (χ2v) is 6.68. The molecule has 2 fully saturated rings. The number of carbonyl (C=O) groups excluding carboxylic acids is 1. The van der Waals surface area contributed by atoms with Crippen molar-refractivity contribution in [2.24, 2.45) is 23.5 Å². The lowest BCUT2D eigenvalue weighted by molar-refractivity contribution is -0.118. The summed E-state index contributed by atoms with van der Waals surface area (Å²) >= 11 is 8.42. The van der Waals surface area contributed by atoms with Gasteiger partial charge in [0.25, 0.3) is 0 Å². The Hall–Kier alpha value is -0.940. The van der Waals surface area contributed by atoms with Crippen LogP contribution >= 0.6 is 28.1 Å². The van der Waals surface area contributed by atoms with Crippen molar-refractivity contribution in [1.29, 1.82) is 0 Å². The molecule has 19 heavy (non-hydrogen) atoms. The first kappa shape index (κ1) is 13.1. The van der Waals surface area contributed by atoms with Crippen molar-refractivity contribution in [3.8, 4) is 0 Å². The van der Waals surface area contributed by atoms with Crippen molar-refractivity contribution < 1.29 is 4.79 Å². The van der Waals surface area contributed by atoms with Gasteiger partial charge in [0.1, 0.15) is 4.99 Å². The average Bonchev–Trinajstić information content (AvgIpc) is 2.83. The van der Waals surface area contributed by atoms with Gasteiger partial charge < -0.3 is 11.1 Å². The van der Waals surface area contributed by atoms with Crippen LogP contribution in [0.1, 0.15) is 24.8 Å². The van der Waals surface area contributed by atoms with Crippen molar-refractivity contribution in [2.75, 3.05) is 5.32 Å². The predicted octanol–water partition coefficient (Wildman–Crippen LogP) is 3.07. The standard InChI is InChI=1S/C14H15BrN2OS/c15-7-4-5-10(13(16)19)11(6-7)17-14(18)12-8-2-1-3-9(8)12/h4-6,8-9,12H,1-3H2,(H2,16,19)(H,17,18). The minimum absolute atomic E-state index is 0.116. The number of thiocarbonyl (C=S) groups is 1. The topological polar surface area (TPSA) is 55.1 Å².